The van der Waals surface area contributed by atoms with Gasteiger partial charge in [0, 0.05) is 36.6 Å². The van der Waals surface area contributed by atoms with Gasteiger partial charge in [0.2, 0.25) is 5.91 Å². The van der Waals surface area contributed by atoms with Crippen LogP contribution in [0.3, 0.4) is 0 Å². The van der Waals surface area contributed by atoms with E-state index in [9.17, 15) is 14.7 Å². The number of halogens is 2. The van der Waals surface area contributed by atoms with Gasteiger partial charge in [-0.2, -0.15) is 0 Å². The van der Waals surface area contributed by atoms with Gasteiger partial charge in [-0.25, -0.2) is 0 Å². The van der Waals surface area contributed by atoms with Crippen molar-refractivity contribution in [2.24, 2.45) is 0 Å². The van der Waals surface area contributed by atoms with E-state index in [1.165, 1.54) is 6.92 Å². The molecule has 1 fully saturated rings. The van der Waals surface area contributed by atoms with Crippen LogP contribution in [0.2, 0.25) is 10.0 Å². The fourth-order valence-electron chi connectivity index (χ4n) is 2.60. The van der Waals surface area contributed by atoms with Crippen LogP contribution in [0, 0.1) is 0 Å². The molecule has 1 amide bonds. The van der Waals surface area contributed by atoms with E-state index in [2.05, 4.69) is 5.32 Å². The smallest absolute Gasteiger partial charge is 0.325 e. The summed E-state index contributed by atoms with van der Waals surface area (Å²) in [7, 11) is 0. The van der Waals surface area contributed by atoms with Gasteiger partial charge in [0.25, 0.3) is 0 Å². The molecule has 1 aliphatic rings. The van der Waals surface area contributed by atoms with Crippen molar-refractivity contribution in [2.75, 3.05) is 26.2 Å². The SMILES string of the molecule is CC(=O)NCC1CN(C(C(=O)O)c2cc(Cl)cc(Cl)c2)CCO1. The molecule has 1 aromatic carbocycles. The van der Waals surface area contributed by atoms with Gasteiger partial charge in [-0.15, -0.1) is 0 Å². The zero-order valence-electron chi connectivity index (χ0n) is 12.6. The van der Waals surface area contributed by atoms with E-state index in [0.29, 0.717) is 41.8 Å². The van der Waals surface area contributed by atoms with Crippen LogP contribution in [-0.4, -0.2) is 54.2 Å². The molecule has 0 aromatic heterocycles. The molecular weight excluding hydrogens is 343 g/mol. The van der Waals surface area contributed by atoms with Crippen LogP contribution in [0.1, 0.15) is 18.5 Å². The summed E-state index contributed by atoms with van der Waals surface area (Å²) in [6.45, 7) is 3.02. The quantitative estimate of drug-likeness (QED) is 0.838. The maximum Gasteiger partial charge on any atom is 0.325 e. The molecule has 2 atom stereocenters. The van der Waals surface area contributed by atoms with Gasteiger partial charge in [0.1, 0.15) is 6.04 Å². The van der Waals surface area contributed by atoms with Crippen molar-refractivity contribution in [3.05, 3.63) is 33.8 Å². The number of carbonyl (C=O) groups excluding carboxylic acids is 1. The Balaban J connectivity index is 2.16. The molecule has 0 saturated carbocycles. The number of nitrogens with zero attached hydrogens (tertiary/aromatic N) is 1. The van der Waals surface area contributed by atoms with E-state index >= 15 is 0 Å². The lowest BCUT2D eigenvalue weighted by atomic mass is 10.0. The molecule has 0 bridgehead atoms. The molecule has 0 radical (unpaired) electrons. The van der Waals surface area contributed by atoms with E-state index in [1.807, 2.05) is 0 Å². The molecule has 6 nitrogen and oxygen atoms in total. The molecule has 1 saturated heterocycles. The number of carboxylic acids is 1. The van der Waals surface area contributed by atoms with E-state index in [1.54, 1.807) is 23.1 Å². The second kappa shape index (κ2) is 7.97. The van der Waals surface area contributed by atoms with Crippen LogP contribution in [0.15, 0.2) is 18.2 Å². The molecule has 8 heteroatoms. The second-order valence-electron chi connectivity index (χ2n) is 5.37. The zero-order chi connectivity index (χ0) is 17.0. The monoisotopic (exact) mass is 360 g/mol. The highest BCUT2D eigenvalue weighted by Gasteiger charge is 2.32. The van der Waals surface area contributed by atoms with Crippen LogP contribution in [0.5, 0.6) is 0 Å². The van der Waals surface area contributed by atoms with Gasteiger partial charge < -0.3 is 15.2 Å². The van der Waals surface area contributed by atoms with Gasteiger partial charge in [-0.05, 0) is 23.8 Å². The Bertz CT molecular complexity index is 577. The Morgan fingerprint density at radius 2 is 2.04 bits per heavy atom. The highest BCUT2D eigenvalue weighted by atomic mass is 35.5. The highest BCUT2D eigenvalue weighted by Crippen LogP contribution is 2.28. The minimum absolute atomic E-state index is 0.151. The van der Waals surface area contributed by atoms with Gasteiger partial charge in [0.15, 0.2) is 0 Å². The number of hydrogen-bond donors (Lipinski definition) is 2. The van der Waals surface area contributed by atoms with Crippen LogP contribution in [0.25, 0.3) is 0 Å². The number of carbonyl (C=O) groups is 2. The topological polar surface area (TPSA) is 78.9 Å². The first-order valence-corrected chi connectivity index (χ1v) is 7.91. The lowest BCUT2D eigenvalue weighted by molar-refractivity contribution is -0.147. The molecule has 0 aliphatic carbocycles. The maximum atomic E-state index is 11.8. The van der Waals surface area contributed by atoms with Crippen molar-refractivity contribution in [3.8, 4) is 0 Å². The van der Waals surface area contributed by atoms with Crippen molar-refractivity contribution in [1.82, 2.24) is 10.2 Å². The minimum atomic E-state index is -0.983. The number of nitrogens with one attached hydrogen (secondary N) is 1. The lowest BCUT2D eigenvalue weighted by Gasteiger charge is -2.36. The molecule has 2 rings (SSSR count). The molecule has 2 N–H and O–H groups in total. The summed E-state index contributed by atoms with van der Waals surface area (Å²) in [5, 5.41) is 13.1. The van der Waals surface area contributed by atoms with Gasteiger partial charge in [-0.3, -0.25) is 14.5 Å². The van der Waals surface area contributed by atoms with E-state index in [-0.39, 0.29) is 12.0 Å². The number of ether oxygens (including phenoxy) is 1. The molecule has 0 spiro atoms. The van der Waals surface area contributed by atoms with Crippen LogP contribution in [-0.2, 0) is 14.3 Å². The first kappa shape index (κ1) is 18.0. The third-order valence-electron chi connectivity index (χ3n) is 3.55. The molecule has 126 valence electrons. The number of aliphatic carboxylic acids is 1. The average molecular weight is 361 g/mol. The van der Waals surface area contributed by atoms with Crippen LogP contribution >= 0.6 is 23.2 Å². The molecule has 23 heavy (non-hydrogen) atoms. The van der Waals surface area contributed by atoms with Crippen molar-refractivity contribution >= 4 is 35.1 Å². The molecule has 2 unspecified atom stereocenters. The summed E-state index contributed by atoms with van der Waals surface area (Å²) < 4.78 is 5.57. The number of benzene rings is 1. The molecule has 1 aliphatic heterocycles. The molecule has 1 heterocycles. The Kier molecular flexibility index (Phi) is 6.24. The van der Waals surface area contributed by atoms with Gasteiger partial charge in [-0.1, -0.05) is 23.2 Å². The number of amides is 1. The van der Waals surface area contributed by atoms with Crippen molar-refractivity contribution < 1.29 is 19.4 Å². The van der Waals surface area contributed by atoms with Crippen LogP contribution in [0.4, 0.5) is 0 Å². The summed E-state index contributed by atoms with van der Waals surface area (Å²) in [6, 6.07) is 3.90. The number of morpholine rings is 1. The first-order valence-electron chi connectivity index (χ1n) is 7.15. The van der Waals surface area contributed by atoms with Crippen molar-refractivity contribution in [3.63, 3.8) is 0 Å². The van der Waals surface area contributed by atoms with Crippen molar-refractivity contribution in [1.29, 1.82) is 0 Å². The van der Waals surface area contributed by atoms with E-state index in [0.717, 1.165) is 0 Å². The third kappa shape index (κ3) is 5.07. The number of hydrogen-bond acceptors (Lipinski definition) is 4. The molecular formula is C15H18Cl2N2O4. The average Bonchev–Trinajstić information content (AvgIpc) is 2.44. The lowest BCUT2D eigenvalue weighted by Crippen LogP contribution is -2.49. The van der Waals surface area contributed by atoms with Crippen molar-refractivity contribution in [2.45, 2.75) is 19.1 Å². The fraction of sp³-hybridized carbons (Fsp3) is 0.467. The zero-order valence-corrected chi connectivity index (χ0v) is 14.1. The summed E-state index contributed by atoms with van der Waals surface area (Å²) in [5.41, 5.74) is 0.523. The number of carboxylic acid groups (broad SMARTS) is 1. The summed E-state index contributed by atoms with van der Waals surface area (Å²) >= 11 is 12.0. The van der Waals surface area contributed by atoms with Crippen LogP contribution < -0.4 is 5.32 Å². The van der Waals surface area contributed by atoms with Gasteiger partial charge >= 0.3 is 5.97 Å². The third-order valence-corrected chi connectivity index (χ3v) is 3.98. The second-order valence-corrected chi connectivity index (χ2v) is 6.24. The Morgan fingerprint density at radius 1 is 1.39 bits per heavy atom. The standard InChI is InChI=1S/C15H18Cl2N2O4/c1-9(20)18-7-13-8-19(2-3-23-13)14(15(21)22)10-4-11(16)6-12(17)5-10/h4-6,13-14H,2-3,7-8H2,1H3,(H,18,20)(H,21,22). The normalized spacial score (nSPS) is 20.0. The Labute approximate surface area is 144 Å². The predicted octanol–water partition coefficient (Wildman–Crippen LogP) is 1.96. The minimum Gasteiger partial charge on any atom is -0.480 e. The largest absolute Gasteiger partial charge is 0.480 e. The fourth-order valence-corrected chi connectivity index (χ4v) is 3.14. The first-order chi connectivity index (χ1) is 10.9. The highest BCUT2D eigenvalue weighted by molar-refractivity contribution is 6.34. The predicted molar refractivity (Wildman–Crippen MR) is 86.8 cm³/mol. The molecule has 1 aromatic rings. The summed E-state index contributed by atoms with van der Waals surface area (Å²) in [6.07, 6.45) is -0.260. The Morgan fingerprint density at radius 3 is 2.61 bits per heavy atom. The van der Waals surface area contributed by atoms with Gasteiger partial charge in [0.05, 0.1) is 12.7 Å². The van der Waals surface area contributed by atoms with E-state index in [4.69, 9.17) is 27.9 Å². The summed E-state index contributed by atoms with van der Waals surface area (Å²) in [4.78, 5) is 24.6. The number of rotatable bonds is 5. The maximum absolute atomic E-state index is 11.8. The summed E-state index contributed by atoms with van der Waals surface area (Å²) in [5.74, 6) is -1.13. The Hall–Kier alpha value is -1.34. The van der Waals surface area contributed by atoms with E-state index < -0.39 is 12.0 Å².